The van der Waals surface area contributed by atoms with Crippen molar-refractivity contribution >= 4 is 0 Å². The van der Waals surface area contributed by atoms with Crippen LogP contribution in [0.5, 0.6) is 5.75 Å². The van der Waals surface area contributed by atoms with Crippen molar-refractivity contribution in [1.82, 2.24) is 5.32 Å². The van der Waals surface area contributed by atoms with Crippen molar-refractivity contribution in [3.8, 4) is 5.75 Å². The Bertz CT molecular complexity index is 374. The summed E-state index contributed by atoms with van der Waals surface area (Å²) in [6, 6.07) is 5.54. The molecule has 1 aromatic rings. The van der Waals surface area contributed by atoms with Crippen LogP contribution in [0, 0.1) is 5.82 Å². The highest BCUT2D eigenvalue weighted by Crippen LogP contribution is 2.28. The maximum absolute atomic E-state index is 13.1. The molecule has 1 unspecified atom stereocenters. The average molecular weight is 237 g/mol. The van der Waals surface area contributed by atoms with Gasteiger partial charge < -0.3 is 10.1 Å². The molecule has 3 heteroatoms. The highest BCUT2D eigenvalue weighted by Gasteiger charge is 2.19. The first kappa shape index (κ1) is 12.4. The molecule has 1 aromatic carbocycles. The minimum absolute atomic E-state index is 0.202. The summed E-state index contributed by atoms with van der Waals surface area (Å²) >= 11 is 0. The zero-order chi connectivity index (χ0) is 12.3. The lowest BCUT2D eigenvalue weighted by Gasteiger charge is -2.21. The van der Waals surface area contributed by atoms with Crippen LogP contribution in [-0.4, -0.2) is 13.2 Å². The molecule has 0 aromatic heterocycles. The first-order valence-electron chi connectivity index (χ1n) is 6.30. The molecule has 17 heavy (non-hydrogen) atoms. The van der Waals surface area contributed by atoms with Gasteiger partial charge in [0.1, 0.15) is 11.6 Å². The molecule has 1 aliphatic carbocycles. The van der Waals surface area contributed by atoms with Gasteiger partial charge in [-0.2, -0.15) is 0 Å². The van der Waals surface area contributed by atoms with Crippen molar-refractivity contribution in [2.24, 2.45) is 0 Å². The lowest BCUT2D eigenvalue weighted by atomic mass is 10.1. The minimum Gasteiger partial charge on any atom is -0.496 e. The van der Waals surface area contributed by atoms with Gasteiger partial charge in [-0.3, -0.25) is 0 Å². The molecule has 0 saturated heterocycles. The van der Waals surface area contributed by atoms with E-state index in [9.17, 15) is 4.39 Å². The highest BCUT2D eigenvalue weighted by atomic mass is 19.1. The summed E-state index contributed by atoms with van der Waals surface area (Å²) in [5.74, 6) is 0.377. The summed E-state index contributed by atoms with van der Waals surface area (Å²) in [6.07, 6.45) is 5.11. The molecule has 1 aliphatic rings. The minimum atomic E-state index is -0.251. The fourth-order valence-electron chi connectivity index (χ4n) is 2.58. The third-order valence-corrected chi connectivity index (χ3v) is 3.50. The quantitative estimate of drug-likeness (QED) is 0.866. The van der Waals surface area contributed by atoms with Crippen LogP contribution in [0.15, 0.2) is 18.2 Å². The predicted molar refractivity (Wildman–Crippen MR) is 66.8 cm³/mol. The van der Waals surface area contributed by atoms with Crippen LogP contribution in [-0.2, 0) is 0 Å². The summed E-state index contributed by atoms with van der Waals surface area (Å²) in [7, 11) is 1.58. The van der Waals surface area contributed by atoms with Gasteiger partial charge in [-0.25, -0.2) is 4.39 Å². The number of ether oxygens (including phenoxy) is 1. The number of hydrogen-bond acceptors (Lipinski definition) is 2. The van der Waals surface area contributed by atoms with Crippen molar-refractivity contribution < 1.29 is 9.13 Å². The second-order valence-electron chi connectivity index (χ2n) is 4.76. The number of rotatable bonds is 4. The van der Waals surface area contributed by atoms with Crippen LogP contribution in [0.25, 0.3) is 0 Å². The van der Waals surface area contributed by atoms with E-state index in [4.69, 9.17) is 4.74 Å². The SMILES string of the molecule is COc1cc(F)ccc1C(C)NC1CCCC1. The number of methoxy groups -OCH3 is 1. The van der Waals surface area contributed by atoms with Crippen molar-refractivity contribution in [2.75, 3.05) is 7.11 Å². The van der Waals surface area contributed by atoms with Crippen LogP contribution in [0.3, 0.4) is 0 Å². The molecule has 1 atom stereocenters. The second-order valence-corrected chi connectivity index (χ2v) is 4.76. The second kappa shape index (κ2) is 5.50. The molecule has 0 heterocycles. The number of benzene rings is 1. The fourth-order valence-corrected chi connectivity index (χ4v) is 2.58. The van der Waals surface area contributed by atoms with E-state index >= 15 is 0 Å². The van der Waals surface area contributed by atoms with Crippen LogP contribution < -0.4 is 10.1 Å². The first-order valence-corrected chi connectivity index (χ1v) is 6.30. The standard InChI is InChI=1S/C14H20FNO/c1-10(16-12-5-3-4-6-12)13-8-7-11(15)9-14(13)17-2/h7-10,12,16H,3-6H2,1-2H3. The maximum atomic E-state index is 13.1. The topological polar surface area (TPSA) is 21.3 Å². The van der Waals surface area contributed by atoms with E-state index in [1.807, 2.05) is 0 Å². The van der Waals surface area contributed by atoms with Crippen LogP contribution in [0.4, 0.5) is 4.39 Å². The van der Waals surface area contributed by atoms with Crippen molar-refractivity contribution in [3.63, 3.8) is 0 Å². The van der Waals surface area contributed by atoms with E-state index < -0.39 is 0 Å². The van der Waals surface area contributed by atoms with E-state index in [1.165, 1.54) is 37.8 Å². The van der Waals surface area contributed by atoms with Crippen LogP contribution >= 0.6 is 0 Å². The van der Waals surface area contributed by atoms with Gasteiger partial charge in [0, 0.05) is 23.7 Å². The molecule has 2 nitrogen and oxygen atoms in total. The zero-order valence-corrected chi connectivity index (χ0v) is 10.5. The lowest BCUT2D eigenvalue weighted by molar-refractivity contribution is 0.390. The third-order valence-electron chi connectivity index (χ3n) is 3.50. The van der Waals surface area contributed by atoms with E-state index in [0.29, 0.717) is 11.8 Å². The van der Waals surface area contributed by atoms with Gasteiger partial charge in [-0.05, 0) is 25.8 Å². The molecule has 0 radical (unpaired) electrons. The number of hydrogen-bond donors (Lipinski definition) is 1. The smallest absolute Gasteiger partial charge is 0.126 e. The van der Waals surface area contributed by atoms with E-state index in [2.05, 4.69) is 12.2 Å². The largest absolute Gasteiger partial charge is 0.496 e. The normalized spacial score (nSPS) is 18.3. The molecule has 1 N–H and O–H groups in total. The summed E-state index contributed by atoms with van der Waals surface area (Å²) in [4.78, 5) is 0. The molecule has 2 rings (SSSR count). The Kier molecular flexibility index (Phi) is 4.00. The Morgan fingerprint density at radius 1 is 1.35 bits per heavy atom. The van der Waals surface area contributed by atoms with Crippen molar-refractivity contribution in [1.29, 1.82) is 0 Å². The monoisotopic (exact) mass is 237 g/mol. The van der Waals surface area contributed by atoms with Crippen LogP contribution in [0.1, 0.15) is 44.2 Å². The molecular formula is C14H20FNO. The Hall–Kier alpha value is -1.09. The van der Waals surface area contributed by atoms with Gasteiger partial charge >= 0.3 is 0 Å². The molecule has 0 bridgehead atoms. The molecule has 94 valence electrons. The average Bonchev–Trinajstić information content (AvgIpc) is 2.81. The molecular weight excluding hydrogens is 217 g/mol. The fraction of sp³-hybridized carbons (Fsp3) is 0.571. The summed E-state index contributed by atoms with van der Waals surface area (Å²) < 4.78 is 18.3. The lowest BCUT2D eigenvalue weighted by Crippen LogP contribution is -2.29. The zero-order valence-electron chi connectivity index (χ0n) is 10.5. The summed E-state index contributed by atoms with van der Waals surface area (Å²) in [5, 5.41) is 3.59. The molecule has 1 saturated carbocycles. The van der Waals surface area contributed by atoms with Crippen LogP contribution in [0.2, 0.25) is 0 Å². The van der Waals surface area contributed by atoms with Gasteiger partial charge in [0.25, 0.3) is 0 Å². The summed E-state index contributed by atoms with van der Waals surface area (Å²) in [5.41, 5.74) is 1.03. The van der Waals surface area contributed by atoms with Gasteiger partial charge in [0.05, 0.1) is 7.11 Å². The van der Waals surface area contributed by atoms with E-state index in [1.54, 1.807) is 13.2 Å². The Morgan fingerprint density at radius 2 is 2.06 bits per heavy atom. The molecule has 0 aliphatic heterocycles. The number of nitrogens with one attached hydrogen (secondary N) is 1. The Labute approximate surface area is 102 Å². The first-order chi connectivity index (χ1) is 8.20. The van der Waals surface area contributed by atoms with Gasteiger partial charge in [0.2, 0.25) is 0 Å². The van der Waals surface area contributed by atoms with Gasteiger partial charge in [-0.1, -0.05) is 18.9 Å². The van der Waals surface area contributed by atoms with E-state index in [0.717, 1.165) is 5.56 Å². The Balaban J connectivity index is 2.09. The van der Waals surface area contributed by atoms with Gasteiger partial charge in [-0.15, -0.1) is 0 Å². The Morgan fingerprint density at radius 3 is 2.71 bits per heavy atom. The molecule has 0 spiro atoms. The molecule has 0 amide bonds. The summed E-state index contributed by atoms with van der Waals surface area (Å²) in [6.45, 7) is 2.11. The third kappa shape index (κ3) is 2.97. The van der Waals surface area contributed by atoms with Gasteiger partial charge in [0.15, 0.2) is 0 Å². The predicted octanol–water partition coefficient (Wildman–Crippen LogP) is 3.43. The molecule has 1 fully saturated rings. The van der Waals surface area contributed by atoms with E-state index in [-0.39, 0.29) is 11.9 Å². The highest BCUT2D eigenvalue weighted by molar-refractivity contribution is 5.36. The van der Waals surface area contributed by atoms with Crippen molar-refractivity contribution in [3.05, 3.63) is 29.6 Å². The maximum Gasteiger partial charge on any atom is 0.126 e. The van der Waals surface area contributed by atoms with Crippen molar-refractivity contribution in [2.45, 2.75) is 44.7 Å². The number of halogens is 1.